The van der Waals surface area contributed by atoms with E-state index >= 15 is 0 Å². The molecule has 2 aliphatic heterocycles. The van der Waals surface area contributed by atoms with Crippen molar-refractivity contribution < 1.29 is 29.5 Å². The van der Waals surface area contributed by atoms with Gasteiger partial charge < -0.3 is 29.7 Å². The number of methoxy groups -OCH3 is 2. The first-order valence-electron chi connectivity index (χ1n) is 5.72. The van der Waals surface area contributed by atoms with Gasteiger partial charge in [0.1, 0.15) is 12.1 Å². The minimum absolute atomic E-state index is 0.102. The number of ether oxygens (including phenoxy) is 2. The van der Waals surface area contributed by atoms with Crippen LogP contribution >= 0.6 is 0 Å². The molecule has 0 radical (unpaired) electrons. The van der Waals surface area contributed by atoms with E-state index in [2.05, 4.69) is 19.8 Å². The summed E-state index contributed by atoms with van der Waals surface area (Å²) in [6.07, 6.45) is 0. The second-order valence-electron chi connectivity index (χ2n) is 4.23. The van der Waals surface area contributed by atoms with E-state index in [4.69, 9.17) is 10.4 Å². The number of carbonyl (C=O) groups is 2. The van der Waals surface area contributed by atoms with Crippen LogP contribution in [0.5, 0.6) is 0 Å². The molecule has 2 unspecified atom stereocenters. The van der Waals surface area contributed by atoms with Crippen molar-refractivity contribution in [3.05, 3.63) is 0 Å². The summed E-state index contributed by atoms with van der Waals surface area (Å²) in [5.74, 6) is -1.18. The van der Waals surface area contributed by atoms with Crippen LogP contribution in [0.4, 0.5) is 0 Å². The lowest BCUT2D eigenvalue weighted by Gasteiger charge is -2.10. The zero-order valence-corrected chi connectivity index (χ0v) is 10.9. The van der Waals surface area contributed by atoms with Gasteiger partial charge in [0, 0.05) is 0 Å². The SMILES string of the molecule is COC(=O)C1CN1C(=N\O)/C(=N\O)N1CC1C(=O)OC. The Bertz CT molecular complexity index is 446. The summed E-state index contributed by atoms with van der Waals surface area (Å²) in [5.41, 5.74) is 0. The molecule has 2 saturated heterocycles. The van der Waals surface area contributed by atoms with Gasteiger partial charge >= 0.3 is 11.9 Å². The molecule has 0 bridgehead atoms. The highest BCUT2D eigenvalue weighted by atomic mass is 16.5. The van der Waals surface area contributed by atoms with Crippen molar-refractivity contribution in [1.82, 2.24) is 9.80 Å². The number of hydrogen-bond donors (Lipinski definition) is 2. The van der Waals surface area contributed by atoms with Crippen LogP contribution in [0.15, 0.2) is 10.3 Å². The van der Waals surface area contributed by atoms with Crippen LogP contribution in [0.25, 0.3) is 0 Å². The predicted molar refractivity (Wildman–Crippen MR) is 63.5 cm³/mol. The van der Waals surface area contributed by atoms with Crippen molar-refractivity contribution in [3.63, 3.8) is 0 Å². The van der Waals surface area contributed by atoms with Crippen molar-refractivity contribution in [2.24, 2.45) is 10.3 Å². The molecular formula is C10H14N4O6. The molecule has 2 aliphatic rings. The Morgan fingerprint density at radius 1 is 0.950 bits per heavy atom. The predicted octanol–water partition coefficient (Wildman–Crippen LogP) is -1.72. The molecule has 0 aromatic carbocycles. The fraction of sp³-hybridized carbons (Fsp3) is 0.600. The molecule has 20 heavy (non-hydrogen) atoms. The number of esters is 2. The Morgan fingerprint density at radius 2 is 1.30 bits per heavy atom. The average molecular weight is 286 g/mol. The molecule has 0 aromatic heterocycles. The minimum atomic E-state index is -0.584. The Kier molecular flexibility index (Phi) is 3.63. The summed E-state index contributed by atoms with van der Waals surface area (Å²) in [6.45, 7) is 0.559. The lowest BCUT2D eigenvalue weighted by atomic mass is 10.4. The van der Waals surface area contributed by atoms with Crippen molar-refractivity contribution in [1.29, 1.82) is 0 Å². The van der Waals surface area contributed by atoms with Crippen molar-refractivity contribution in [2.45, 2.75) is 12.1 Å². The molecule has 2 heterocycles. The van der Waals surface area contributed by atoms with E-state index in [-0.39, 0.29) is 24.8 Å². The van der Waals surface area contributed by atoms with E-state index in [1.54, 1.807) is 0 Å². The largest absolute Gasteiger partial charge is 0.467 e. The molecule has 10 nitrogen and oxygen atoms in total. The summed E-state index contributed by atoms with van der Waals surface area (Å²) in [5, 5.41) is 24.1. The van der Waals surface area contributed by atoms with Crippen LogP contribution in [0, 0.1) is 0 Å². The number of hydrogen-bond acceptors (Lipinski definition) is 8. The van der Waals surface area contributed by atoms with Crippen LogP contribution in [0.3, 0.4) is 0 Å². The molecule has 0 aliphatic carbocycles. The second kappa shape index (κ2) is 5.23. The van der Waals surface area contributed by atoms with Gasteiger partial charge in [-0.25, -0.2) is 9.59 Å². The fourth-order valence-electron chi connectivity index (χ4n) is 1.88. The Balaban J connectivity index is 2.05. The number of rotatable bonds is 2. The van der Waals surface area contributed by atoms with E-state index in [0.717, 1.165) is 0 Å². The average Bonchev–Trinajstić information content (AvgIpc) is 3.35. The summed E-state index contributed by atoms with van der Waals surface area (Å²) >= 11 is 0. The van der Waals surface area contributed by atoms with Crippen LogP contribution in [-0.4, -0.2) is 83.2 Å². The highest BCUT2D eigenvalue weighted by Crippen LogP contribution is 2.26. The van der Waals surface area contributed by atoms with E-state index in [0.29, 0.717) is 0 Å². The first-order chi connectivity index (χ1) is 9.58. The van der Waals surface area contributed by atoms with Crippen molar-refractivity contribution in [3.8, 4) is 0 Å². The second-order valence-corrected chi connectivity index (χ2v) is 4.23. The smallest absolute Gasteiger partial charge is 0.330 e. The number of amidine groups is 2. The molecule has 2 atom stereocenters. The van der Waals surface area contributed by atoms with Crippen LogP contribution in [0.2, 0.25) is 0 Å². The van der Waals surface area contributed by atoms with Crippen molar-refractivity contribution in [2.75, 3.05) is 27.3 Å². The maximum atomic E-state index is 11.3. The van der Waals surface area contributed by atoms with E-state index < -0.39 is 24.0 Å². The van der Waals surface area contributed by atoms with Gasteiger partial charge in [-0.2, -0.15) is 0 Å². The quantitative estimate of drug-likeness (QED) is 0.153. The standard InChI is InChI=1S/C10H14N4O6/c1-19-9(15)5-3-13(5)7(11-17)8(12-18)14-4-6(14)10(16)20-2/h5-6,17-18H,3-4H2,1-2H3/b11-7-,12-8+. The van der Waals surface area contributed by atoms with Gasteiger partial charge in [0.05, 0.1) is 27.3 Å². The normalized spacial score (nSPS) is 25.3. The Labute approximate surface area is 113 Å². The summed E-state index contributed by atoms with van der Waals surface area (Å²) in [4.78, 5) is 25.4. The van der Waals surface area contributed by atoms with E-state index in [1.807, 2.05) is 0 Å². The van der Waals surface area contributed by atoms with Gasteiger partial charge in [-0.1, -0.05) is 10.3 Å². The van der Waals surface area contributed by atoms with Gasteiger partial charge in [0.2, 0.25) is 11.7 Å². The molecular weight excluding hydrogens is 272 g/mol. The van der Waals surface area contributed by atoms with Crippen LogP contribution in [0.1, 0.15) is 0 Å². The van der Waals surface area contributed by atoms with E-state index in [1.165, 1.54) is 24.0 Å². The third-order valence-electron chi connectivity index (χ3n) is 3.10. The van der Waals surface area contributed by atoms with Crippen LogP contribution in [-0.2, 0) is 19.1 Å². The van der Waals surface area contributed by atoms with E-state index in [9.17, 15) is 9.59 Å². The van der Waals surface area contributed by atoms with Gasteiger partial charge in [-0.05, 0) is 0 Å². The molecule has 0 saturated carbocycles. The van der Waals surface area contributed by atoms with Gasteiger partial charge in [0.25, 0.3) is 0 Å². The summed E-state index contributed by atoms with van der Waals surface area (Å²) in [7, 11) is 2.49. The molecule has 2 rings (SSSR count). The number of carbonyl (C=O) groups excluding carboxylic acids is 2. The third-order valence-corrected chi connectivity index (χ3v) is 3.10. The van der Waals surface area contributed by atoms with Crippen LogP contribution < -0.4 is 0 Å². The molecule has 110 valence electrons. The lowest BCUT2D eigenvalue weighted by molar-refractivity contribution is -0.141. The molecule has 2 fully saturated rings. The van der Waals surface area contributed by atoms with Gasteiger partial charge in [0.15, 0.2) is 0 Å². The maximum Gasteiger partial charge on any atom is 0.330 e. The zero-order chi connectivity index (χ0) is 14.9. The molecule has 0 amide bonds. The molecule has 0 aromatic rings. The Hall–Kier alpha value is -2.52. The Morgan fingerprint density at radius 3 is 1.55 bits per heavy atom. The fourth-order valence-corrected chi connectivity index (χ4v) is 1.88. The monoisotopic (exact) mass is 286 g/mol. The highest BCUT2D eigenvalue weighted by Gasteiger charge is 2.52. The summed E-state index contributed by atoms with van der Waals surface area (Å²) in [6, 6.07) is -1.17. The number of oxime groups is 2. The number of nitrogens with zero attached hydrogens (tertiary/aromatic N) is 4. The lowest BCUT2D eigenvalue weighted by Crippen LogP contribution is -2.34. The maximum absolute atomic E-state index is 11.3. The molecule has 0 spiro atoms. The van der Waals surface area contributed by atoms with Gasteiger partial charge in [-0.3, -0.25) is 0 Å². The minimum Gasteiger partial charge on any atom is -0.467 e. The topological polar surface area (TPSA) is 124 Å². The summed E-state index contributed by atoms with van der Waals surface area (Å²) < 4.78 is 9.12. The third kappa shape index (κ3) is 2.31. The molecule has 2 N–H and O–H groups in total. The highest BCUT2D eigenvalue weighted by molar-refractivity contribution is 6.42. The molecule has 10 heteroatoms. The zero-order valence-electron chi connectivity index (χ0n) is 10.9. The van der Waals surface area contributed by atoms with Gasteiger partial charge in [-0.15, -0.1) is 0 Å². The van der Waals surface area contributed by atoms with Crippen molar-refractivity contribution >= 4 is 23.6 Å². The first-order valence-corrected chi connectivity index (χ1v) is 5.72. The first kappa shape index (κ1) is 13.9.